The minimum Gasteiger partial charge on any atom is -0.458 e. The first-order valence-electron chi connectivity index (χ1n) is 10.9. The van der Waals surface area contributed by atoms with Crippen LogP contribution in [0.15, 0.2) is 23.3 Å². The van der Waals surface area contributed by atoms with Gasteiger partial charge in [-0.3, -0.25) is 14.4 Å². The fraction of sp³-hybridized carbons (Fsp3) is 0.708. The molecule has 0 aromatic rings. The van der Waals surface area contributed by atoms with Crippen molar-refractivity contribution in [3.05, 3.63) is 23.3 Å². The molecule has 0 aromatic carbocycles. The van der Waals surface area contributed by atoms with Crippen LogP contribution in [0.5, 0.6) is 0 Å². The molecule has 172 valence electrons. The van der Waals surface area contributed by atoms with Gasteiger partial charge in [0, 0.05) is 37.5 Å². The van der Waals surface area contributed by atoms with E-state index in [-0.39, 0.29) is 12.2 Å². The van der Waals surface area contributed by atoms with Crippen molar-refractivity contribution in [3.8, 4) is 0 Å². The predicted molar refractivity (Wildman–Crippen MR) is 113 cm³/mol. The van der Waals surface area contributed by atoms with Crippen molar-refractivity contribution in [3.63, 3.8) is 0 Å². The average Bonchev–Trinajstić information content (AvgIpc) is 2.64. The van der Waals surface area contributed by atoms with Crippen molar-refractivity contribution >= 4 is 17.7 Å². The van der Waals surface area contributed by atoms with Gasteiger partial charge in [0.2, 0.25) is 0 Å². The summed E-state index contributed by atoms with van der Waals surface area (Å²) in [4.78, 5) is 37.3. The monoisotopic (exact) mass is 434 g/mol. The van der Waals surface area contributed by atoms with E-state index in [2.05, 4.69) is 6.58 Å². The molecule has 2 N–H and O–H groups in total. The Balaban J connectivity index is 2.35. The number of carbonyl (C=O) groups is 3. The second-order valence-electron chi connectivity index (χ2n) is 10.2. The molecular weight excluding hydrogens is 400 g/mol. The molecule has 3 aliphatic carbocycles. The fourth-order valence-corrected chi connectivity index (χ4v) is 6.32. The van der Waals surface area contributed by atoms with E-state index in [1.165, 1.54) is 13.8 Å². The Morgan fingerprint density at radius 2 is 1.68 bits per heavy atom. The lowest BCUT2D eigenvalue weighted by molar-refractivity contribution is -0.195. The van der Waals surface area contributed by atoms with Crippen LogP contribution in [-0.4, -0.2) is 52.4 Å². The Labute approximate surface area is 183 Å². The normalized spacial score (nSPS) is 39.9. The molecule has 7 nitrogen and oxygen atoms in total. The van der Waals surface area contributed by atoms with Gasteiger partial charge in [0.1, 0.15) is 6.10 Å². The number of rotatable bonds is 2. The highest BCUT2D eigenvalue weighted by molar-refractivity contribution is 5.97. The molecule has 31 heavy (non-hydrogen) atoms. The zero-order chi connectivity index (χ0) is 23.5. The van der Waals surface area contributed by atoms with Crippen LogP contribution < -0.4 is 0 Å². The number of ether oxygens (including phenoxy) is 2. The maximum atomic E-state index is 13.0. The third kappa shape index (κ3) is 3.65. The first kappa shape index (κ1) is 23.7. The lowest BCUT2D eigenvalue weighted by atomic mass is 9.49. The lowest BCUT2D eigenvalue weighted by Gasteiger charge is -2.58. The topological polar surface area (TPSA) is 110 Å². The van der Waals surface area contributed by atoms with Crippen molar-refractivity contribution in [2.45, 2.75) is 85.2 Å². The number of esters is 2. The molecule has 3 rings (SSSR count). The summed E-state index contributed by atoms with van der Waals surface area (Å²) in [5.41, 5.74) is -0.0561. The number of Topliss-reactive ketones (excluding diaryl/α,β-unsaturated/α-hetero) is 1. The molecule has 4 unspecified atom stereocenters. The third-order valence-corrected chi connectivity index (χ3v) is 7.89. The van der Waals surface area contributed by atoms with Gasteiger partial charge in [-0.25, -0.2) is 0 Å². The first-order valence-corrected chi connectivity index (χ1v) is 10.9. The largest absolute Gasteiger partial charge is 0.458 e. The maximum absolute atomic E-state index is 13.0. The second-order valence-corrected chi connectivity index (χ2v) is 10.2. The van der Waals surface area contributed by atoms with Gasteiger partial charge in [-0.2, -0.15) is 0 Å². The van der Waals surface area contributed by atoms with Crippen molar-refractivity contribution in [1.82, 2.24) is 0 Å². The highest BCUT2D eigenvalue weighted by Gasteiger charge is 2.62. The van der Waals surface area contributed by atoms with E-state index in [1.54, 1.807) is 6.92 Å². The quantitative estimate of drug-likeness (QED) is 0.507. The molecule has 7 heteroatoms. The molecule has 2 fully saturated rings. The lowest BCUT2D eigenvalue weighted by Crippen LogP contribution is -2.63. The number of hydrogen-bond acceptors (Lipinski definition) is 7. The van der Waals surface area contributed by atoms with Gasteiger partial charge in [0.15, 0.2) is 11.9 Å². The van der Waals surface area contributed by atoms with Crippen molar-refractivity contribution in [2.75, 3.05) is 0 Å². The summed E-state index contributed by atoms with van der Waals surface area (Å²) in [6.45, 7) is 14.1. The van der Waals surface area contributed by atoms with Crippen LogP contribution in [0.3, 0.4) is 0 Å². The van der Waals surface area contributed by atoms with E-state index in [0.717, 1.165) is 0 Å². The summed E-state index contributed by atoms with van der Waals surface area (Å²) in [6.07, 6.45) is -2.78. The summed E-state index contributed by atoms with van der Waals surface area (Å²) in [5, 5.41) is 22.2. The molecule has 7 atom stereocenters. The molecule has 0 amide bonds. The molecule has 0 aliphatic heterocycles. The second kappa shape index (κ2) is 7.85. The van der Waals surface area contributed by atoms with Gasteiger partial charge < -0.3 is 19.7 Å². The van der Waals surface area contributed by atoms with Gasteiger partial charge in [-0.1, -0.05) is 27.4 Å². The van der Waals surface area contributed by atoms with Gasteiger partial charge in [0.25, 0.3) is 0 Å². The van der Waals surface area contributed by atoms with E-state index in [1.807, 2.05) is 20.8 Å². The van der Waals surface area contributed by atoms with E-state index >= 15 is 0 Å². The molecular formula is C24H34O7. The molecule has 0 spiro atoms. The molecule has 0 aromatic heterocycles. The summed E-state index contributed by atoms with van der Waals surface area (Å²) in [7, 11) is 0. The van der Waals surface area contributed by atoms with Crippen LogP contribution in [0.25, 0.3) is 0 Å². The SMILES string of the molecule is C=C1C2[C@H](O)C3CC(=O)C(C)=C(C(OC(C)=O)[C@H](OC(C)=O)C2(C)CC[C@@H]1O)C3(C)C. The summed E-state index contributed by atoms with van der Waals surface area (Å²) < 4.78 is 11.6. The minimum atomic E-state index is -0.995. The Kier molecular flexibility index (Phi) is 6.00. The Bertz CT molecular complexity index is 854. The van der Waals surface area contributed by atoms with E-state index < -0.39 is 59.0 Å². The summed E-state index contributed by atoms with van der Waals surface area (Å²) in [5.74, 6) is -2.35. The first-order chi connectivity index (χ1) is 14.2. The zero-order valence-electron chi connectivity index (χ0n) is 19.2. The van der Waals surface area contributed by atoms with Crippen molar-refractivity contribution in [1.29, 1.82) is 0 Å². The molecule has 0 saturated heterocycles. The molecule has 3 aliphatic rings. The van der Waals surface area contributed by atoms with Crippen LogP contribution >= 0.6 is 0 Å². The Hall–Kier alpha value is -1.99. The predicted octanol–water partition coefficient (Wildman–Crippen LogP) is 2.49. The number of ketones is 1. The number of aliphatic hydroxyl groups excluding tert-OH is 2. The molecule has 0 radical (unpaired) electrons. The zero-order valence-corrected chi connectivity index (χ0v) is 19.2. The summed E-state index contributed by atoms with van der Waals surface area (Å²) >= 11 is 0. The third-order valence-electron chi connectivity index (χ3n) is 7.89. The molecule has 2 bridgehead atoms. The molecule has 2 saturated carbocycles. The highest BCUT2D eigenvalue weighted by Crippen LogP contribution is 2.59. The molecule has 0 heterocycles. The minimum absolute atomic E-state index is 0.136. The smallest absolute Gasteiger partial charge is 0.303 e. The van der Waals surface area contributed by atoms with Gasteiger partial charge in [0.05, 0.1) is 12.2 Å². The number of aliphatic hydroxyl groups is 2. The van der Waals surface area contributed by atoms with Crippen LogP contribution in [-0.2, 0) is 23.9 Å². The van der Waals surface area contributed by atoms with Gasteiger partial charge in [-0.15, -0.1) is 0 Å². The number of hydrogen-bond donors (Lipinski definition) is 2. The highest BCUT2D eigenvalue weighted by atomic mass is 16.6. The van der Waals surface area contributed by atoms with Gasteiger partial charge in [-0.05, 0) is 41.9 Å². The van der Waals surface area contributed by atoms with E-state index in [0.29, 0.717) is 29.6 Å². The van der Waals surface area contributed by atoms with Crippen molar-refractivity contribution in [2.24, 2.45) is 22.7 Å². The van der Waals surface area contributed by atoms with Crippen LogP contribution in [0.4, 0.5) is 0 Å². The standard InChI is InChI=1S/C24H34O7/c1-11-16(27)8-9-24(7)18(11)20(29)15-10-17(28)12(2)19(23(15,5)6)21(30-13(3)25)22(24)31-14(4)26/h15-16,18,20-22,27,29H,1,8-10H2,2-7H3/t15?,16-,18?,20+,21?,22-,24?/m0/s1. The maximum Gasteiger partial charge on any atom is 0.303 e. The van der Waals surface area contributed by atoms with E-state index in [4.69, 9.17) is 9.47 Å². The van der Waals surface area contributed by atoms with Crippen LogP contribution in [0.1, 0.15) is 60.8 Å². The van der Waals surface area contributed by atoms with Crippen molar-refractivity contribution < 1.29 is 34.1 Å². The number of allylic oxidation sites excluding steroid dienone is 1. The fourth-order valence-electron chi connectivity index (χ4n) is 6.32. The Morgan fingerprint density at radius 3 is 2.23 bits per heavy atom. The average molecular weight is 435 g/mol. The van der Waals surface area contributed by atoms with E-state index in [9.17, 15) is 24.6 Å². The van der Waals surface area contributed by atoms with Gasteiger partial charge >= 0.3 is 11.9 Å². The van der Waals surface area contributed by atoms with Crippen LogP contribution in [0, 0.1) is 22.7 Å². The Morgan fingerprint density at radius 1 is 1.10 bits per heavy atom. The van der Waals surface area contributed by atoms with Crippen LogP contribution in [0.2, 0.25) is 0 Å². The summed E-state index contributed by atoms with van der Waals surface area (Å²) in [6, 6.07) is 0. The number of carbonyl (C=O) groups excluding carboxylic acids is 3. The number of fused-ring (bicyclic) bond motifs is 3.